The molecule has 146 valence electrons. The van der Waals surface area contributed by atoms with Crippen LogP contribution in [0.1, 0.15) is 23.2 Å². The predicted octanol–water partition coefficient (Wildman–Crippen LogP) is 3.79. The van der Waals surface area contributed by atoms with Gasteiger partial charge in [0.2, 0.25) is 0 Å². The van der Waals surface area contributed by atoms with Gasteiger partial charge < -0.3 is 15.0 Å². The van der Waals surface area contributed by atoms with Crippen molar-refractivity contribution in [1.29, 1.82) is 0 Å². The van der Waals surface area contributed by atoms with Gasteiger partial charge in [0.15, 0.2) is 0 Å². The van der Waals surface area contributed by atoms with Gasteiger partial charge in [0.25, 0.3) is 5.91 Å². The normalized spacial score (nSPS) is 21.3. The molecule has 2 atom stereocenters. The van der Waals surface area contributed by atoms with Crippen molar-refractivity contribution in [3.63, 3.8) is 0 Å². The second-order valence-corrected chi connectivity index (χ2v) is 6.86. The smallest absolute Gasteiger partial charge is 0.253 e. The minimum absolute atomic E-state index is 0. The van der Waals surface area contributed by atoms with E-state index in [0.717, 1.165) is 56.4 Å². The number of likely N-dealkylation sites (tertiary alicyclic amines) is 1. The number of nitrogens with zero attached hydrogens (tertiary/aromatic N) is 2. The third-order valence-corrected chi connectivity index (χ3v) is 5.28. The molecular weight excluding hydrogens is 385 g/mol. The van der Waals surface area contributed by atoms with Crippen LogP contribution in [0, 0.1) is 11.8 Å². The van der Waals surface area contributed by atoms with Crippen LogP contribution in [-0.2, 0) is 0 Å². The fourth-order valence-corrected chi connectivity index (χ4v) is 3.81. The van der Waals surface area contributed by atoms with Gasteiger partial charge in [-0.2, -0.15) is 0 Å². The Balaban J connectivity index is 0.00000131. The maximum absolute atomic E-state index is 12.8. The van der Waals surface area contributed by atoms with E-state index >= 15 is 0 Å². The van der Waals surface area contributed by atoms with E-state index in [0.29, 0.717) is 11.5 Å². The van der Waals surface area contributed by atoms with Gasteiger partial charge in [0.1, 0.15) is 11.5 Å². The standard InChI is InChI=1S/C20H23N3O2.2ClH/c24-20(23-10-7-16-12-22-13-17(16)8-11-23)15-3-5-18(6-4-15)25-19-2-1-9-21-14-19;;/h1-6,9,14,16-17,22H,7-8,10-13H2;2*1H/t16-,17+;;. The van der Waals surface area contributed by atoms with Crippen molar-refractivity contribution in [1.82, 2.24) is 15.2 Å². The Hall–Kier alpha value is -1.82. The molecule has 1 N–H and O–H groups in total. The lowest BCUT2D eigenvalue weighted by molar-refractivity contribution is 0.0758. The van der Waals surface area contributed by atoms with E-state index in [2.05, 4.69) is 10.3 Å². The van der Waals surface area contributed by atoms with Crippen LogP contribution in [0.4, 0.5) is 0 Å². The maximum atomic E-state index is 12.8. The molecule has 5 nitrogen and oxygen atoms in total. The molecule has 0 bridgehead atoms. The molecule has 0 saturated carbocycles. The van der Waals surface area contributed by atoms with Crippen molar-refractivity contribution in [2.45, 2.75) is 12.8 Å². The summed E-state index contributed by atoms with van der Waals surface area (Å²) in [5.41, 5.74) is 0.726. The highest BCUT2D eigenvalue weighted by atomic mass is 35.5. The Morgan fingerprint density at radius 1 is 1.00 bits per heavy atom. The molecule has 2 aliphatic rings. The molecule has 4 rings (SSSR count). The molecule has 27 heavy (non-hydrogen) atoms. The number of hydrogen-bond acceptors (Lipinski definition) is 4. The van der Waals surface area contributed by atoms with Gasteiger partial charge in [0, 0.05) is 24.8 Å². The Morgan fingerprint density at radius 2 is 1.67 bits per heavy atom. The van der Waals surface area contributed by atoms with Gasteiger partial charge in [-0.15, -0.1) is 24.8 Å². The molecule has 2 aliphatic heterocycles. The third kappa shape index (κ3) is 5.12. The van der Waals surface area contributed by atoms with Gasteiger partial charge in [-0.05, 0) is 74.2 Å². The summed E-state index contributed by atoms with van der Waals surface area (Å²) < 4.78 is 5.73. The summed E-state index contributed by atoms with van der Waals surface area (Å²) in [4.78, 5) is 18.8. The number of ether oxygens (including phenoxy) is 1. The van der Waals surface area contributed by atoms with Crippen LogP contribution in [0.5, 0.6) is 11.5 Å². The second-order valence-electron chi connectivity index (χ2n) is 6.86. The number of aromatic nitrogens is 1. The molecule has 0 aliphatic carbocycles. The number of nitrogens with one attached hydrogen (secondary N) is 1. The zero-order chi connectivity index (χ0) is 17.1. The Labute approximate surface area is 172 Å². The van der Waals surface area contributed by atoms with Gasteiger partial charge in [0.05, 0.1) is 6.20 Å². The summed E-state index contributed by atoms with van der Waals surface area (Å²) in [5, 5.41) is 3.47. The van der Waals surface area contributed by atoms with Crippen LogP contribution in [0.25, 0.3) is 0 Å². The molecule has 2 aromatic rings. The SMILES string of the molecule is Cl.Cl.O=C(c1ccc(Oc2cccnc2)cc1)N1CC[C@@H]2CNC[C@@H]2CC1. The van der Waals surface area contributed by atoms with E-state index in [1.165, 1.54) is 0 Å². The van der Waals surface area contributed by atoms with Crippen molar-refractivity contribution >= 4 is 30.7 Å². The van der Waals surface area contributed by atoms with Crippen LogP contribution < -0.4 is 10.1 Å². The summed E-state index contributed by atoms with van der Waals surface area (Å²) in [6.45, 7) is 3.92. The van der Waals surface area contributed by atoms with Crippen molar-refractivity contribution in [2.24, 2.45) is 11.8 Å². The Bertz CT molecular complexity index is 714. The highest BCUT2D eigenvalue weighted by Gasteiger charge is 2.31. The van der Waals surface area contributed by atoms with E-state index in [4.69, 9.17) is 4.74 Å². The zero-order valence-electron chi connectivity index (χ0n) is 15.0. The number of hydrogen-bond donors (Lipinski definition) is 1. The van der Waals surface area contributed by atoms with Gasteiger partial charge in [-0.3, -0.25) is 9.78 Å². The Morgan fingerprint density at radius 3 is 2.26 bits per heavy atom. The maximum Gasteiger partial charge on any atom is 0.253 e. The van der Waals surface area contributed by atoms with E-state index in [-0.39, 0.29) is 30.7 Å². The number of carbonyl (C=O) groups is 1. The number of rotatable bonds is 3. The first-order valence-corrected chi connectivity index (χ1v) is 8.97. The average Bonchev–Trinajstić information content (AvgIpc) is 3.01. The van der Waals surface area contributed by atoms with Crippen molar-refractivity contribution in [3.05, 3.63) is 54.4 Å². The minimum Gasteiger partial charge on any atom is -0.456 e. The number of carbonyl (C=O) groups excluding carboxylic acids is 1. The molecule has 3 heterocycles. The monoisotopic (exact) mass is 409 g/mol. The summed E-state index contributed by atoms with van der Waals surface area (Å²) in [5.74, 6) is 2.98. The topological polar surface area (TPSA) is 54.5 Å². The molecule has 1 amide bonds. The van der Waals surface area contributed by atoms with Crippen LogP contribution in [0.3, 0.4) is 0 Å². The number of pyridine rings is 1. The van der Waals surface area contributed by atoms with E-state index in [1.54, 1.807) is 12.4 Å². The lowest BCUT2D eigenvalue weighted by atomic mass is 9.92. The quantitative estimate of drug-likeness (QED) is 0.837. The molecule has 0 radical (unpaired) electrons. The average molecular weight is 410 g/mol. The first kappa shape index (κ1) is 21.5. The first-order valence-electron chi connectivity index (χ1n) is 8.97. The first-order chi connectivity index (χ1) is 12.3. The highest BCUT2D eigenvalue weighted by Crippen LogP contribution is 2.28. The summed E-state index contributed by atoms with van der Waals surface area (Å²) in [7, 11) is 0. The third-order valence-electron chi connectivity index (χ3n) is 5.28. The van der Waals surface area contributed by atoms with Crippen LogP contribution in [-0.4, -0.2) is 42.0 Å². The van der Waals surface area contributed by atoms with E-state index < -0.39 is 0 Å². The fourth-order valence-electron chi connectivity index (χ4n) is 3.81. The summed E-state index contributed by atoms with van der Waals surface area (Å²) in [6, 6.07) is 11.1. The lowest BCUT2D eigenvalue weighted by Gasteiger charge is -2.21. The summed E-state index contributed by atoms with van der Waals surface area (Å²) >= 11 is 0. The number of benzene rings is 1. The van der Waals surface area contributed by atoms with E-state index in [1.807, 2.05) is 41.3 Å². The highest BCUT2D eigenvalue weighted by molar-refractivity contribution is 5.94. The lowest BCUT2D eigenvalue weighted by Crippen LogP contribution is -2.32. The summed E-state index contributed by atoms with van der Waals surface area (Å²) in [6.07, 6.45) is 5.58. The van der Waals surface area contributed by atoms with Crippen molar-refractivity contribution in [2.75, 3.05) is 26.2 Å². The van der Waals surface area contributed by atoms with Crippen LogP contribution in [0.15, 0.2) is 48.8 Å². The number of halogens is 2. The number of fused-ring (bicyclic) bond motifs is 1. The van der Waals surface area contributed by atoms with E-state index in [9.17, 15) is 4.79 Å². The number of amides is 1. The molecule has 0 unspecified atom stereocenters. The molecule has 1 aromatic carbocycles. The molecule has 7 heteroatoms. The van der Waals surface area contributed by atoms with Crippen LogP contribution >= 0.6 is 24.8 Å². The fraction of sp³-hybridized carbons (Fsp3) is 0.400. The van der Waals surface area contributed by atoms with Crippen LogP contribution in [0.2, 0.25) is 0 Å². The van der Waals surface area contributed by atoms with Gasteiger partial charge in [-0.1, -0.05) is 0 Å². The van der Waals surface area contributed by atoms with Gasteiger partial charge >= 0.3 is 0 Å². The second kappa shape index (κ2) is 9.93. The predicted molar refractivity (Wildman–Crippen MR) is 110 cm³/mol. The minimum atomic E-state index is 0. The zero-order valence-corrected chi connectivity index (χ0v) is 16.7. The molecule has 2 saturated heterocycles. The molecule has 2 fully saturated rings. The Kier molecular flexibility index (Phi) is 7.90. The molecule has 1 aromatic heterocycles. The van der Waals surface area contributed by atoms with Gasteiger partial charge in [-0.25, -0.2) is 0 Å². The molecule has 0 spiro atoms. The largest absolute Gasteiger partial charge is 0.456 e. The van der Waals surface area contributed by atoms with Crippen molar-refractivity contribution < 1.29 is 9.53 Å². The molecular formula is C20H25Cl2N3O2. The van der Waals surface area contributed by atoms with Crippen molar-refractivity contribution in [3.8, 4) is 11.5 Å².